The zero-order chi connectivity index (χ0) is 12.4. The topological polar surface area (TPSA) is 98.2 Å². The molecule has 0 bridgehead atoms. The molecule has 0 amide bonds. The number of nitrogens with two attached hydrogens (primary N) is 1. The second-order valence-electron chi connectivity index (χ2n) is 4.23. The van der Waals surface area contributed by atoms with Crippen LogP contribution in [0.15, 0.2) is 6.33 Å². The molecule has 0 aliphatic carbocycles. The third-order valence-corrected chi connectivity index (χ3v) is 3.09. The van der Waals surface area contributed by atoms with Crippen molar-refractivity contribution in [3.63, 3.8) is 0 Å². The number of hydrogen-bond acceptors (Lipinski definition) is 6. The standard InChI is InChI=1S/C10H15N5O2/c1-7-4-2-3-5-14(7)10-8(15(16)17)9(11)12-6-13-10/h6-7H,2-5H2,1H3,(H2,11,12,13)/t7-/m1/s1. The largest absolute Gasteiger partial charge is 0.378 e. The maximum Gasteiger partial charge on any atom is 0.353 e. The summed E-state index contributed by atoms with van der Waals surface area (Å²) in [6, 6.07) is 0.247. The Labute approximate surface area is 98.8 Å². The number of piperidine rings is 1. The van der Waals surface area contributed by atoms with Crippen LogP contribution in [0.5, 0.6) is 0 Å². The van der Waals surface area contributed by atoms with Crippen LogP contribution in [0.2, 0.25) is 0 Å². The molecular weight excluding hydrogens is 222 g/mol. The molecule has 1 aromatic rings. The van der Waals surface area contributed by atoms with Crippen molar-refractivity contribution in [3.05, 3.63) is 16.4 Å². The molecule has 2 rings (SSSR count). The first-order chi connectivity index (χ1) is 8.11. The van der Waals surface area contributed by atoms with Crippen LogP contribution in [-0.2, 0) is 0 Å². The molecule has 0 radical (unpaired) electrons. The second kappa shape index (κ2) is 4.52. The number of nitrogens with zero attached hydrogens (tertiary/aromatic N) is 4. The number of hydrogen-bond donors (Lipinski definition) is 1. The van der Waals surface area contributed by atoms with E-state index in [1.54, 1.807) is 0 Å². The summed E-state index contributed by atoms with van der Waals surface area (Å²) in [7, 11) is 0. The second-order valence-corrected chi connectivity index (χ2v) is 4.23. The van der Waals surface area contributed by atoms with Crippen molar-refractivity contribution in [1.29, 1.82) is 0 Å². The van der Waals surface area contributed by atoms with Gasteiger partial charge >= 0.3 is 5.69 Å². The lowest BCUT2D eigenvalue weighted by Gasteiger charge is -2.33. The molecule has 1 fully saturated rings. The van der Waals surface area contributed by atoms with Crippen molar-refractivity contribution in [3.8, 4) is 0 Å². The number of anilines is 2. The highest BCUT2D eigenvalue weighted by atomic mass is 16.6. The van der Waals surface area contributed by atoms with Gasteiger partial charge in [0.05, 0.1) is 4.92 Å². The van der Waals surface area contributed by atoms with Crippen molar-refractivity contribution in [2.75, 3.05) is 17.2 Å². The fourth-order valence-electron chi connectivity index (χ4n) is 2.18. The van der Waals surface area contributed by atoms with Crippen LogP contribution in [0.1, 0.15) is 26.2 Å². The van der Waals surface area contributed by atoms with Gasteiger partial charge in [0.1, 0.15) is 6.33 Å². The maximum atomic E-state index is 11.0. The number of rotatable bonds is 2. The Morgan fingerprint density at radius 2 is 2.29 bits per heavy atom. The van der Waals surface area contributed by atoms with Crippen LogP contribution >= 0.6 is 0 Å². The van der Waals surface area contributed by atoms with Crippen LogP contribution in [-0.4, -0.2) is 27.5 Å². The van der Waals surface area contributed by atoms with Gasteiger partial charge in [-0.25, -0.2) is 9.97 Å². The van der Waals surface area contributed by atoms with Crippen molar-refractivity contribution in [1.82, 2.24) is 9.97 Å². The maximum absolute atomic E-state index is 11.0. The molecule has 1 aromatic heterocycles. The Morgan fingerprint density at radius 1 is 1.53 bits per heavy atom. The molecule has 0 unspecified atom stereocenters. The van der Waals surface area contributed by atoms with Gasteiger partial charge in [0, 0.05) is 12.6 Å². The van der Waals surface area contributed by atoms with Gasteiger partial charge in [-0.3, -0.25) is 10.1 Å². The van der Waals surface area contributed by atoms with E-state index in [4.69, 9.17) is 5.73 Å². The Kier molecular flexibility index (Phi) is 3.08. The van der Waals surface area contributed by atoms with Gasteiger partial charge < -0.3 is 10.6 Å². The summed E-state index contributed by atoms with van der Waals surface area (Å²) in [6.07, 6.45) is 4.46. The Hall–Kier alpha value is -1.92. The molecule has 1 atom stereocenters. The predicted molar refractivity (Wildman–Crippen MR) is 63.8 cm³/mol. The fraction of sp³-hybridized carbons (Fsp3) is 0.600. The molecule has 1 aliphatic heterocycles. The quantitative estimate of drug-likeness (QED) is 0.615. The summed E-state index contributed by atoms with van der Waals surface area (Å²) >= 11 is 0. The molecule has 1 saturated heterocycles. The van der Waals surface area contributed by atoms with E-state index in [0.717, 1.165) is 25.8 Å². The van der Waals surface area contributed by atoms with E-state index in [-0.39, 0.29) is 17.5 Å². The van der Waals surface area contributed by atoms with Crippen molar-refractivity contribution in [2.24, 2.45) is 0 Å². The summed E-state index contributed by atoms with van der Waals surface area (Å²) in [5.41, 5.74) is 5.38. The van der Waals surface area contributed by atoms with E-state index in [9.17, 15) is 10.1 Å². The lowest BCUT2D eigenvalue weighted by molar-refractivity contribution is -0.383. The van der Waals surface area contributed by atoms with Crippen molar-refractivity contribution >= 4 is 17.3 Å². The molecular formula is C10H15N5O2. The molecule has 7 nitrogen and oxygen atoms in total. The Morgan fingerprint density at radius 3 is 2.94 bits per heavy atom. The minimum atomic E-state index is -0.508. The normalized spacial score (nSPS) is 20.3. The first-order valence-electron chi connectivity index (χ1n) is 5.62. The van der Waals surface area contributed by atoms with Gasteiger partial charge in [0.15, 0.2) is 0 Å². The van der Waals surface area contributed by atoms with Gasteiger partial charge in [-0.1, -0.05) is 0 Å². The van der Waals surface area contributed by atoms with Crippen molar-refractivity contribution < 1.29 is 4.92 Å². The summed E-state index contributed by atoms with van der Waals surface area (Å²) in [4.78, 5) is 20.2. The average Bonchev–Trinajstić information content (AvgIpc) is 2.28. The van der Waals surface area contributed by atoms with Gasteiger partial charge in [0.25, 0.3) is 0 Å². The van der Waals surface area contributed by atoms with E-state index >= 15 is 0 Å². The monoisotopic (exact) mass is 237 g/mol. The molecule has 1 aliphatic rings. The average molecular weight is 237 g/mol. The van der Waals surface area contributed by atoms with E-state index in [0.29, 0.717) is 5.82 Å². The van der Waals surface area contributed by atoms with Crippen LogP contribution in [0.4, 0.5) is 17.3 Å². The lowest BCUT2D eigenvalue weighted by atomic mass is 10.0. The predicted octanol–water partition coefficient (Wildman–Crippen LogP) is 1.35. The zero-order valence-electron chi connectivity index (χ0n) is 9.67. The van der Waals surface area contributed by atoms with Crippen LogP contribution in [0.3, 0.4) is 0 Å². The van der Waals surface area contributed by atoms with E-state index in [1.165, 1.54) is 6.33 Å². The number of nitro groups is 1. The first-order valence-corrected chi connectivity index (χ1v) is 5.62. The molecule has 0 aromatic carbocycles. The van der Waals surface area contributed by atoms with Crippen molar-refractivity contribution in [2.45, 2.75) is 32.2 Å². The molecule has 0 saturated carbocycles. The lowest BCUT2D eigenvalue weighted by Crippen LogP contribution is -2.38. The highest BCUT2D eigenvalue weighted by molar-refractivity contribution is 5.68. The summed E-state index contributed by atoms with van der Waals surface area (Å²) in [6.45, 7) is 2.82. The smallest absolute Gasteiger partial charge is 0.353 e. The van der Waals surface area contributed by atoms with E-state index < -0.39 is 4.92 Å². The zero-order valence-corrected chi connectivity index (χ0v) is 9.67. The van der Waals surface area contributed by atoms with Gasteiger partial charge in [0.2, 0.25) is 11.6 Å². The SMILES string of the molecule is C[C@@H]1CCCCN1c1ncnc(N)c1[N+](=O)[O-]. The molecule has 2 heterocycles. The van der Waals surface area contributed by atoms with E-state index in [1.807, 2.05) is 11.8 Å². The first kappa shape index (κ1) is 11.6. The minimum absolute atomic E-state index is 0.0715. The summed E-state index contributed by atoms with van der Waals surface area (Å²) in [5, 5.41) is 11.0. The Balaban J connectivity index is 2.43. The van der Waals surface area contributed by atoms with Gasteiger partial charge in [-0.15, -0.1) is 0 Å². The highest BCUT2D eigenvalue weighted by Gasteiger charge is 2.29. The molecule has 7 heteroatoms. The van der Waals surface area contributed by atoms with Gasteiger partial charge in [-0.2, -0.15) is 0 Å². The minimum Gasteiger partial charge on any atom is -0.378 e. The third kappa shape index (κ3) is 2.13. The number of nitrogen functional groups attached to an aromatic ring is 1. The molecule has 2 N–H and O–H groups in total. The van der Waals surface area contributed by atoms with Gasteiger partial charge in [-0.05, 0) is 26.2 Å². The summed E-state index contributed by atoms with van der Waals surface area (Å²) < 4.78 is 0. The molecule has 0 spiro atoms. The Bertz CT molecular complexity index is 437. The van der Waals surface area contributed by atoms with Crippen LogP contribution in [0, 0.1) is 10.1 Å². The van der Waals surface area contributed by atoms with Crippen LogP contribution < -0.4 is 10.6 Å². The third-order valence-electron chi connectivity index (χ3n) is 3.09. The summed E-state index contributed by atoms with van der Waals surface area (Å²) in [5.74, 6) is 0.271. The van der Waals surface area contributed by atoms with Crippen LogP contribution in [0.25, 0.3) is 0 Å². The highest BCUT2D eigenvalue weighted by Crippen LogP contribution is 2.33. The number of aromatic nitrogens is 2. The fourth-order valence-corrected chi connectivity index (χ4v) is 2.18. The molecule has 17 heavy (non-hydrogen) atoms. The van der Waals surface area contributed by atoms with E-state index in [2.05, 4.69) is 9.97 Å². The molecule has 92 valence electrons.